The maximum Gasteiger partial charge on any atom is 0.220 e. The number of thioether (sulfide) groups is 1. The normalized spacial score (nSPS) is 12.6. The van der Waals surface area contributed by atoms with Gasteiger partial charge in [0.25, 0.3) is 0 Å². The summed E-state index contributed by atoms with van der Waals surface area (Å²) < 4.78 is 0. The van der Waals surface area contributed by atoms with E-state index in [4.69, 9.17) is 5.84 Å². The van der Waals surface area contributed by atoms with Gasteiger partial charge >= 0.3 is 0 Å². The summed E-state index contributed by atoms with van der Waals surface area (Å²) in [5.41, 5.74) is 0.600. The molecule has 0 aliphatic carbocycles. The fourth-order valence-electron chi connectivity index (χ4n) is 1.06. The quantitative estimate of drug-likeness (QED) is 0.288. The van der Waals surface area contributed by atoms with Crippen molar-refractivity contribution in [3.63, 3.8) is 0 Å². The van der Waals surface area contributed by atoms with Crippen molar-refractivity contribution in [3.05, 3.63) is 46.9 Å². The highest BCUT2D eigenvalue weighted by molar-refractivity contribution is 8.18. The average Bonchev–Trinajstić information content (AvgIpc) is 2.35. The predicted octanol–water partition coefficient (Wildman–Crippen LogP) is 2.80. The van der Waals surface area contributed by atoms with E-state index >= 15 is 0 Å². The molecule has 4 heteroatoms. The third-order valence-electron chi connectivity index (χ3n) is 2.01. The Morgan fingerprint density at radius 2 is 2.00 bits per heavy atom. The molecule has 16 heavy (non-hydrogen) atoms. The van der Waals surface area contributed by atoms with Crippen molar-refractivity contribution in [1.29, 1.82) is 0 Å². The average molecular weight is 234 g/mol. The Morgan fingerprint density at radius 1 is 1.38 bits per heavy atom. The molecule has 0 bridgehead atoms. The van der Waals surface area contributed by atoms with Gasteiger partial charge in [0.1, 0.15) is 0 Å². The molecule has 3 nitrogen and oxygen atoms in total. The number of carbonyl (C=O) groups excluding carboxylic acids is 1. The first-order valence-electron chi connectivity index (χ1n) is 4.87. The highest BCUT2D eigenvalue weighted by atomic mass is 32.2. The van der Waals surface area contributed by atoms with Crippen molar-refractivity contribution in [2.24, 2.45) is 10.9 Å². The van der Waals surface area contributed by atoms with Gasteiger partial charge in [0.05, 0.1) is 0 Å². The van der Waals surface area contributed by atoms with Crippen molar-refractivity contribution in [2.45, 2.75) is 13.8 Å². The van der Waals surface area contributed by atoms with Gasteiger partial charge in [-0.25, -0.2) is 0 Å². The standard InChI is InChI=1S/C12H14N2OS/c1-3-9(2)16-12(14-13)11(15)10-7-5-4-6-8-10/h3-8H,13H2,1-2H3/b9-3+,14-12-. The Balaban J connectivity index is 2.88. The topological polar surface area (TPSA) is 55.4 Å². The van der Waals surface area contributed by atoms with Gasteiger partial charge in [-0.15, -0.1) is 0 Å². The number of Topliss-reactive ketones (excluding diaryl/α,β-unsaturated/α-hetero) is 1. The minimum atomic E-state index is -0.144. The first kappa shape index (κ1) is 12.5. The summed E-state index contributed by atoms with van der Waals surface area (Å²) in [6, 6.07) is 8.99. The van der Waals surface area contributed by atoms with Crippen LogP contribution in [0, 0.1) is 0 Å². The van der Waals surface area contributed by atoms with E-state index in [9.17, 15) is 4.79 Å². The van der Waals surface area contributed by atoms with Crippen LogP contribution >= 0.6 is 11.8 Å². The van der Waals surface area contributed by atoms with Gasteiger partial charge in [-0.2, -0.15) is 5.10 Å². The lowest BCUT2D eigenvalue weighted by molar-refractivity contribution is 0.106. The summed E-state index contributed by atoms with van der Waals surface area (Å²) in [5.74, 6) is 5.09. The first-order chi connectivity index (χ1) is 7.69. The summed E-state index contributed by atoms with van der Waals surface area (Å²) >= 11 is 1.28. The first-order valence-corrected chi connectivity index (χ1v) is 5.69. The molecule has 0 unspecified atom stereocenters. The highest BCUT2D eigenvalue weighted by Gasteiger charge is 2.14. The van der Waals surface area contributed by atoms with Crippen LogP contribution in [0.4, 0.5) is 0 Å². The smallest absolute Gasteiger partial charge is 0.220 e. The van der Waals surface area contributed by atoms with Gasteiger partial charge < -0.3 is 5.84 Å². The van der Waals surface area contributed by atoms with E-state index in [1.54, 1.807) is 12.1 Å². The van der Waals surface area contributed by atoms with Crippen molar-refractivity contribution >= 4 is 22.6 Å². The summed E-state index contributed by atoms with van der Waals surface area (Å²) in [7, 11) is 0. The van der Waals surface area contributed by atoms with Crippen molar-refractivity contribution < 1.29 is 4.79 Å². The van der Waals surface area contributed by atoms with Crippen LogP contribution in [0.2, 0.25) is 0 Å². The summed E-state index contributed by atoms with van der Waals surface area (Å²) in [5, 5.41) is 3.85. The number of ketones is 1. The number of rotatable bonds is 3. The highest BCUT2D eigenvalue weighted by Crippen LogP contribution is 2.19. The zero-order chi connectivity index (χ0) is 12.0. The molecule has 0 aliphatic heterocycles. The van der Waals surface area contributed by atoms with Crippen LogP contribution in [-0.2, 0) is 0 Å². The lowest BCUT2D eigenvalue weighted by atomic mass is 10.1. The molecule has 0 amide bonds. The molecule has 0 heterocycles. The number of nitrogens with two attached hydrogens (primary N) is 1. The van der Waals surface area contributed by atoms with E-state index < -0.39 is 0 Å². The molecule has 84 valence electrons. The van der Waals surface area contributed by atoms with Gasteiger partial charge in [-0.3, -0.25) is 4.79 Å². The maximum absolute atomic E-state index is 12.0. The van der Waals surface area contributed by atoms with Crippen LogP contribution in [0.25, 0.3) is 0 Å². The Hall–Kier alpha value is -1.55. The molecule has 0 radical (unpaired) electrons. The van der Waals surface area contributed by atoms with E-state index in [2.05, 4.69) is 5.10 Å². The van der Waals surface area contributed by atoms with E-state index in [0.717, 1.165) is 4.91 Å². The third-order valence-corrected chi connectivity index (χ3v) is 3.05. The fraction of sp³-hybridized carbons (Fsp3) is 0.167. The van der Waals surface area contributed by atoms with E-state index in [0.29, 0.717) is 10.6 Å². The SMILES string of the molecule is C/C=C(\C)S/C(=N\N)C(=O)c1ccccc1. The third kappa shape index (κ3) is 3.24. The zero-order valence-electron chi connectivity index (χ0n) is 9.31. The van der Waals surface area contributed by atoms with Crippen LogP contribution in [0.15, 0.2) is 46.4 Å². The Labute approximate surface area is 99.4 Å². The Morgan fingerprint density at radius 3 is 2.50 bits per heavy atom. The maximum atomic E-state index is 12.0. The largest absolute Gasteiger partial charge is 0.322 e. The summed E-state index contributed by atoms with van der Waals surface area (Å²) in [4.78, 5) is 13.0. The molecule has 1 rings (SSSR count). The van der Waals surface area contributed by atoms with E-state index in [-0.39, 0.29) is 5.78 Å². The van der Waals surface area contributed by atoms with Gasteiger partial charge in [-0.1, -0.05) is 48.2 Å². The van der Waals surface area contributed by atoms with Crippen LogP contribution in [0.3, 0.4) is 0 Å². The number of hydrogen-bond donors (Lipinski definition) is 1. The lowest BCUT2D eigenvalue weighted by Crippen LogP contribution is -2.12. The van der Waals surface area contributed by atoms with Gasteiger partial charge in [0.2, 0.25) is 5.78 Å². The van der Waals surface area contributed by atoms with Crippen LogP contribution < -0.4 is 5.84 Å². The van der Waals surface area contributed by atoms with Gasteiger partial charge in [0.15, 0.2) is 5.04 Å². The fourth-order valence-corrected chi connectivity index (χ4v) is 1.74. The number of hydrazone groups is 1. The molecule has 0 aliphatic rings. The van der Waals surface area contributed by atoms with Crippen molar-refractivity contribution in [2.75, 3.05) is 0 Å². The number of allylic oxidation sites excluding steroid dienone is 2. The second-order valence-corrected chi connectivity index (χ2v) is 4.37. The van der Waals surface area contributed by atoms with Crippen LogP contribution in [-0.4, -0.2) is 10.8 Å². The second kappa shape index (κ2) is 6.12. The van der Waals surface area contributed by atoms with Gasteiger partial charge in [0, 0.05) is 5.56 Å². The molecule has 1 aromatic rings. The number of hydrogen-bond acceptors (Lipinski definition) is 4. The summed E-state index contributed by atoms with van der Waals surface area (Å²) in [6.45, 7) is 3.82. The summed E-state index contributed by atoms with van der Waals surface area (Å²) in [6.07, 6.45) is 1.91. The lowest BCUT2D eigenvalue weighted by Gasteiger charge is -2.03. The van der Waals surface area contributed by atoms with Crippen molar-refractivity contribution in [3.8, 4) is 0 Å². The molecule has 0 spiro atoms. The molecular formula is C12H14N2OS. The Kier molecular flexibility index (Phi) is 4.79. The molecular weight excluding hydrogens is 220 g/mol. The Bertz CT molecular complexity index is 424. The van der Waals surface area contributed by atoms with Crippen LogP contribution in [0.1, 0.15) is 24.2 Å². The minimum Gasteiger partial charge on any atom is -0.322 e. The number of benzene rings is 1. The molecule has 0 fully saturated rings. The number of carbonyl (C=O) groups is 1. The minimum absolute atomic E-state index is 0.144. The molecule has 0 atom stereocenters. The van der Waals surface area contributed by atoms with E-state index in [1.807, 2.05) is 38.1 Å². The van der Waals surface area contributed by atoms with Crippen molar-refractivity contribution in [1.82, 2.24) is 0 Å². The molecule has 0 aromatic heterocycles. The van der Waals surface area contributed by atoms with Gasteiger partial charge in [-0.05, 0) is 18.8 Å². The molecule has 1 aromatic carbocycles. The van der Waals surface area contributed by atoms with Crippen LogP contribution in [0.5, 0.6) is 0 Å². The van der Waals surface area contributed by atoms with E-state index in [1.165, 1.54) is 11.8 Å². The molecule has 0 saturated carbocycles. The number of nitrogens with zero attached hydrogens (tertiary/aromatic N) is 1. The second-order valence-electron chi connectivity index (χ2n) is 3.13. The zero-order valence-corrected chi connectivity index (χ0v) is 10.1. The molecule has 0 saturated heterocycles. The molecule has 2 N–H and O–H groups in total. The predicted molar refractivity (Wildman–Crippen MR) is 69.4 cm³/mol. The monoisotopic (exact) mass is 234 g/mol.